The molecule has 9 nitrogen and oxygen atoms in total. The zero-order valence-corrected chi connectivity index (χ0v) is 20.1. The number of aromatic nitrogens is 3. The second-order valence-electron chi connectivity index (χ2n) is 8.76. The van der Waals surface area contributed by atoms with Crippen LogP contribution in [-0.2, 0) is 4.79 Å². The lowest BCUT2D eigenvalue weighted by molar-refractivity contribution is -0.129. The first-order chi connectivity index (χ1) is 16.7. The number of carbonyl (C=O) groups excluding carboxylic acids is 2. The first kappa shape index (κ1) is 24.7. The van der Waals surface area contributed by atoms with Gasteiger partial charge in [0.1, 0.15) is 23.2 Å². The number of halogens is 1. The Balaban J connectivity index is 1.48. The maximum atomic E-state index is 12.3. The van der Waals surface area contributed by atoms with E-state index in [4.69, 9.17) is 17.3 Å². The highest BCUT2D eigenvalue weighted by molar-refractivity contribution is 6.33. The van der Waals surface area contributed by atoms with Gasteiger partial charge in [0.2, 0.25) is 11.8 Å². The molecule has 1 saturated carbocycles. The number of aliphatic hydroxyl groups is 2. The summed E-state index contributed by atoms with van der Waals surface area (Å²) in [7, 11) is 0. The molecule has 10 heteroatoms. The van der Waals surface area contributed by atoms with Gasteiger partial charge in [-0.2, -0.15) is 0 Å². The van der Waals surface area contributed by atoms with Crippen molar-refractivity contribution in [1.82, 2.24) is 19.4 Å². The Hall–Kier alpha value is -3.45. The number of amides is 2. The van der Waals surface area contributed by atoms with Crippen LogP contribution in [0, 0.1) is 24.7 Å². The van der Waals surface area contributed by atoms with E-state index in [0.29, 0.717) is 33.7 Å². The lowest BCUT2D eigenvalue weighted by atomic mass is 10.0. The SMILES string of the molecule is CC(=O)N(CC#Cc1ccc(C)c(C(N)=O)c1)CC1C[C@@H](n2ccc3c(Cl)ncnc32)[C@H](O)[C@@H]1O. The molecule has 35 heavy (non-hydrogen) atoms. The van der Waals surface area contributed by atoms with Crippen LogP contribution in [-0.4, -0.2) is 66.8 Å². The summed E-state index contributed by atoms with van der Waals surface area (Å²) >= 11 is 6.14. The standard InChI is InChI=1S/C25H26ClN5O4/c1-14-5-6-16(10-19(14)24(27)35)4-3-8-30(15(2)32)12-17-11-20(22(34)21(17)33)31-9-7-18-23(26)28-13-29-25(18)31/h5-7,9-10,13,17,20-22,33-34H,8,11-12H2,1-2H3,(H2,27,35)/t17?,20-,21-,22+/m1/s1. The van der Waals surface area contributed by atoms with Crippen molar-refractivity contribution < 1.29 is 19.8 Å². The van der Waals surface area contributed by atoms with Crippen LogP contribution >= 0.6 is 11.6 Å². The monoisotopic (exact) mass is 495 g/mol. The minimum atomic E-state index is -1.04. The van der Waals surface area contributed by atoms with Crippen molar-refractivity contribution in [3.8, 4) is 11.8 Å². The van der Waals surface area contributed by atoms with Crippen molar-refractivity contribution in [2.75, 3.05) is 13.1 Å². The number of primary amides is 1. The van der Waals surface area contributed by atoms with E-state index in [1.165, 1.54) is 18.2 Å². The summed E-state index contributed by atoms with van der Waals surface area (Å²) in [6.07, 6.45) is 1.49. The molecule has 0 saturated heterocycles. The van der Waals surface area contributed by atoms with Crippen LogP contribution < -0.4 is 5.73 Å². The normalized spacial score (nSPS) is 21.5. The molecule has 0 aliphatic heterocycles. The Kier molecular flexibility index (Phi) is 7.08. The minimum Gasteiger partial charge on any atom is -0.390 e. The lowest BCUT2D eigenvalue weighted by Crippen LogP contribution is -2.38. The molecule has 1 fully saturated rings. The molecule has 0 radical (unpaired) electrons. The minimum absolute atomic E-state index is 0.133. The summed E-state index contributed by atoms with van der Waals surface area (Å²) in [6.45, 7) is 3.59. The first-order valence-electron chi connectivity index (χ1n) is 11.2. The number of aliphatic hydroxyl groups excluding tert-OH is 2. The van der Waals surface area contributed by atoms with Crippen LogP contribution in [0.15, 0.2) is 36.8 Å². The van der Waals surface area contributed by atoms with E-state index in [0.717, 1.165) is 5.56 Å². The smallest absolute Gasteiger partial charge is 0.249 e. The van der Waals surface area contributed by atoms with Gasteiger partial charge in [0, 0.05) is 36.7 Å². The van der Waals surface area contributed by atoms with Crippen LogP contribution in [0.5, 0.6) is 0 Å². The zero-order chi connectivity index (χ0) is 25.3. The number of hydrogen-bond acceptors (Lipinski definition) is 6. The highest BCUT2D eigenvalue weighted by Gasteiger charge is 2.43. The fourth-order valence-electron chi connectivity index (χ4n) is 4.55. The highest BCUT2D eigenvalue weighted by atomic mass is 35.5. The van der Waals surface area contributed by atoms with Gasteiger partial charge in [-0.3, -0.25) is 9.59 Å². The van der Waals surface area contributed by atoms with Crippen molar-refractivity contribution >= 4 is 34.4 Å². The van der Waals surface area contributed by atoms with Crippen LogP contribution in [0.1, 0.15) is 40.9 Å². The largest absolute Gasteiger partial charge is 0.390 e. The van der Waals surface area contributed by atoms with E-state index >= 15 is 0 Å². The van der Waals surface area contributed by atoms with Gasteiger partial charge in [-0.05, 0) is 37.1 Å². The number of aryl methyl sites for hydroxylation is 1. The fourth-order valence-corrected chi connectivity index (χ4v) is 4.74. The van der Waals surface area contributed by atoms with Crippen molar-refractivity contribution in [2.24, 2.45) is 11.7 Å². The van der Waals surface area contributed by atoms with Gasteiger partial charge in [-0.25, -0.2) is 9.97 Å². The molecule has 1 aromatic carbocycles. The van der Waals surface area contributed by atoms with E-state index in [-0.39, 0.29) is 24.9 Å². The van der Waals surface area contributed by atoms with E-state index in [1.54, 1.807) is 42.0 Å². The molecule has 2 amide bonds. The molecule has 1 unspecified atom stereocenters. The molecular weight excluding hydrogens is 470 g/mol. The third-order valence-electron chi connectivity index (χ3n) is 6.50. The van der Waals surface area contributed by atoms with Gasteiger partial charge < -0.3 is 25.4 Å². The quantitative estimate of drug-likeness (QED) is 0.364. The maximum Gasteiger partial charge on any atom is 0.249 e. The first-order valence-corrected chi connectivity index (χ1v) is 11.5. The zero-order valence-electron chi connectivity index (χ0n) is 19.3. The van der Waals surface area contributed by atoms with E-state index in [1.807, 2.05) is 0 Å². The summed E-state index contributed by atoms with van der Waals surface area (Å²) in [5, 5.41) is 22.5. The van der Waals surface area contributed by atoms with Crippen LogP contribution in [0.25, 0.3) is 11.0 Å². The van der Waals surface area contributed by atoms with Crippen LogP contribution in [0.4, 0.5) is 0 Å². The number of nitrogens with zero attached hydrogens (tertiary/aromatic N) is 4. The highest BCUT2D eigenvalue weighted by Crippen LogP contribution is 2.38. The topological polar surface area (TPSA) is 135 Å². The second-order valence-corrected chi connectivity index (χ2v) is 9.12. The van der Waals surface area contributed by atoms with Gasteiger partial charge in [0.25, 0.3) is 0 Å². The van der Waals surface area contributed by atoms with Gasteiger partial charge in [0.15, 0.2) is 0 Å². The van der Waals surface area contributed by atoms with Crippen molar-refractivity contribution in [3.05, 3.63) is 58.6 Å². The van der Waals surface area contributed by atoms with Gasteiger partial charge >= 0.3 is 0 Å². The number of fused-ring (bicyclic) bond motifs is 1. The number of rotatable bonds is 5. The predicted octanol–water partition coefficient (Wildman–Crippen LogP) is 1.68. The molecule has 182 valence electrons. The molecule has 3 aromatic rings. The predicted molar refractivity (Wildman–Crippen MR) is 131 cm³/mol. The van der Waals surface area contributed by atoms with E-state index in [2.05, 4.69) is 21.8 Å². The molecule has 4 N–H and O–H groups in total. The van der Waals surface area contributed by atoms with Crippen molar-refractivity contribution in [1.29, 1.82) is 0 Å². The lowest BCUT2D eigenvalue weighted by Gasteiger charge is -2.24. The average Bonchev–Trinajstić information content (AvgIpc) is 3.36. The molecule has 0 bridgehead atoms. The molecule has 1 aliphatic carbocycles. The van der Waals surface area contributed by atoms with Gasteiger partial charge in [0.05, 0.1) is 24.1 Å². The number of carbonyl (C=O) groups is 2. The Bertz CT molecular complexity index is 1340. The summed E-state index contributed by atoms with van der Waals surface area (Å²) < 4.78 is 1.79. The number of hydrogen-bond donors (Lipinski definition) is 3. The molecule has 2 heterocycles. The maximum absolute atomic E-state index is 12.3. The molecule has 4 rings (SSSR count). The van der Waals surface area contributed by atoms with Crippen molar-refractivity contribution in [3.63, 3.8) is 0 Å². The molecule has 4 atom stereocenters. The Morgan fingerprint density at radius 1 is 1.26 bits per heavy atom. The Morgan fingerprint density at radius 2 is 2.03 bits per heavy atom. The summed E-state index contributed by atoms with van der Waals surface area (Å²) in [5.74, 6) is 4.83. The molecule has 2 aromatic heterocycles. The number of nitrogens with two attached hydrogens (primary N) is 1. The fraction of sp³-hybridized carbons (Fsp3) is 0.360. The van der Waals surface area contributed by atoms with Crippen LogP contribution in [0.2, 0.25) is 5.15 Å². The third-order valence-corrected chi connectivity index (χ3v) is 6.80. The van der Waals surface area contributed by atoms with Gasteiger partial charge in [-0.1, -0.05) is 29.5 Å². The molecule has 1 aliphatic rings. The van der Waals surface area contributed by atoms with Crippen LogP contribution in [0.3, 0.4) is 0 Å². The van der Waals surface area contributed by atoms with E-state index < -0.39 is 24.2 Å². The summed E-state index contributed by atoms with van der Waals surface area (Å²) in [4.78, 5) is 33.6. The Labute approximate surface area is 207 Å². The third kappa shape index (κ3) is 5.00. The molecule has 0 spiro atoms. The summed E-state index contributed by atoms with van der Waals surface area (Å²) in [5.41, 5.74) is 7.76. The number of benzene rings is 1. The van der Waals surface area contributed by atoms with Crippen molar-refractivity contribution in [2.45, 2.75) is 38.5 Å². The summed E-state index contributed by atoms with van der Waals surface area (Å²) in [6, 6.07) is 6.52. The average molecular weight is 496 g/mol. The van der Waals surface area contributed by atoms with E-state index in [9.17, 15) is 19.8 Å². The van der Waals surface area contributed by atoms with Gasteiger partial charge in [-0.15, -0.1) is 0 Å². The Morgan fingerprint density at radius 3 is 2.74 bits per heavy atom. The molecular formula is C25H26ClN5O4. The second kappa shape index (κ2) is 10.0.